The number of ether oxygens (including phenoxy) is 9. The third kappa shape index (κ3) is 9.84. The van der Waals surface area contributed by atoms with Gasteiger partial charge < -0.3 is 47.7 Å². The Morgan fingerprint density at radius 2 is 1.04 bits per heavy atom. The van der Waals surface area contributed by atoms with Crippen LogP contribution in [0, 0.1) is 0 Å². The highest BCUT2D eigenvalue weighted by Crippen LogP contribution is 2.35. The fraction of sp³-hybridized carbons (Fsp3) is 0.471. The van der Waals surface area contributed by atoms with Crippen LogP contribution >= 0.6 is 0 Å². The molecule has 16 heteroatoms. The number of aliphatic hydroxyl groups excluding tert-OH is 1. The third-order valence-electron chi connectivity index (χ3n) is 7.49. The van der Waals surface area contributed by atoms with E-state index in [4.69, 9.17) is 42.6 Å². The zero-order valence-corrected chi connectivity index (χ0v) is 27.8. The molecule has 2 aromatic carbocycles. The maximum Gasteiger partial charge on any atom is 0.338 e. The highest BCUT2D eigenvalue weighted by Gasteiger charge is 2.56. The van der Waals surface area contributed by atoms with E-state index in [1.54, 1.807) is 36.4 Å². The Kier molecular flexibility index (Phi) is 13.0. The monoisotopic (exact) mass is 702 g/mol. The highest BCUT2D eigenvalue weighted by molar-refractivity contribution is 5.90. The molecule has 2 saturated heterocycles. The van der Waals surface area contributed by atoms with Gasteiger partial charge in [0, 0.05) is 27.7 Å². The third-order valence-corrected chi connectivity index (χ3v) is 7.49. The fourth-order valence-corrected chi connectivity index (χ4v) is 5.42. The number of hydrogen-bond acceptors (Lipinski definition) is 16. The van der Waals surface area contributed by atoms with Gasteiger partial charge in [-0.2, -0.15) is 0 Å². The van der Waals surface area contributed by atoms with Gasteiger partial charge in [-0.25, -0.2) is 9.59 Å². The molecule has 4 rings (SSSR count). The van der Waals surface area contributed by atoms with Gasteiger partial charge in [-0.15, -0.1) is 0 Å². The number of aliphatic hydroxyl groups is 1. The van der Waals surface area contributed by atoms with Crippen LogP contribution < -0.4 is 0 Å². The van der Waals surface area contributed by atoms with Crippen LogP contribution in [0.1, 0.15) is 55.3 Å². The van der Waals surface area contributed by atoms with Crippen LogP contribution in [-0.4, -0.2) is 109 Å². The molecule has 16 nitrogen and oxygen atoms in total. The predicted octanol–water partition coefficient (Wildman–Crippen LogP) is 1.64. The maximum atomic E-state index is 13.4. The van der Waals surface area contributed by atoms with Crippen molar-refractivity contribution in [2.75, 3.05) is 6.61 Å². The molecule has 0 radical (unpaired) electrons. The largest absolute Gasteiger partial charge is 0.463 e. The fourth-order valence-electron chi connectivity index (χ4n) is 5.42. The number of rotatable bonds is 11. The molecule has 2 aliphatic heterocycles. The summed E-state index contributed by atoms with van der Waals surface area (Å²) in [6.07, 6.45) is -15.4. The van der Waals surface area contributed by atoms with Crippen molar-refractivity contribution in [1.29, 1.82) is 0 Å². The summed E-state index contributed by atoms with van der Waals surface area (Å²) in [5.74, 6) is -5.07. The lowest BCUT2D eigenvalue weighted by molar-refractivity contribution is -0.351. The van der Waals surface area contributed by atoms with Crippen LogP contribution in [0.5, 0.6) is 0 Å². The SMILES string of the molecule is CC(=O)OC[C@H]1O[C@@H](O[C@H]2[C@@H](OC(=O)c3ccccc3)[C@H](OC(=O)c3ccccc3)C(O)O[C@H]2C)[C@H](OC(C)=O)[C@@H](OC(C)=O)[C@H]1OC(C)=O. The van der Waals surface area contributed by atoms with E-state index in [-0.39, 0.29) is 11.1 Å². The minimum atomic E-state index is -1.82. The first-order chi connectivity index (χ1) is 23.7. The molecule has 270 valence electrons. The molecule has 1 unspecified atom stereocenters. The second-order valence-electron chi connectivity index (χ2n) is 11.4. The van der Waals surface area contributed by atoms with Crippen LogP contribution in [-0.2, 0) is 61.8 Å². The highest BCUT2D eigenvalue weighted by atomic mass is 16.8. The Labute approximate surface area is 286 Å². The first kappa shape index (κ1) is 37.9. The number of hydrogen-bond donors (Lipinski definition) is 1. The van der Waals surface area contributed by atoms with Gasteiger partial charge in [0.05, 0.1) is 17.2 Å². The van der Waals surface area contributed by atoms with Gasteiger partial charge in [-0.3, -0.25) is 19.2 Å². The van der Waals surface area contributed by atoms with Crippen molar-refractivity contribution in [1.82, 2.24) is 0 Å². The summed E-state index contributed by atoms with van der Waals surface area (Å²) >= 11 is 0. The van der Waals surface area contributed by atoms with Crippen LogP contribution in [0.15, 0.2) is 60.7 Å². The quantitative estimate of drug-likeness (QED) is 0.261. The summed E-state index contributed by atoms with van der Waals surface area (Å²) in [4.78, 5) is 75.1. The molecule has 1 N–H and O–H groups in total. The number of carbonyl (C=O) groups excluding carboxylic acids is 6. The van der Waals surface area contributed by atoms with Crippen molar-refractivity contribution in [2.45, 2.75) is 96.0 Å². The van der Waals surface area contributed by atoms with Crippen LogP contribution in [0.25, 0.3) is 0 Å². The zero-order valence-electron chi connectivity index (χ0n) is 27.8. The molecular weight excluding hydrogens is 664 g/mol. The summed E-state index contributed by atoms with van der Waals surface area (Å²) in [6.45, 7) is 5.24. The van der Waals surface area contributed by atoms with E-state index >= 15 is 0 Å². The Balaban J connectivity index is 1.76. The van der Waals surface area contributed by atoms with E-state index in [2.05, 4.69) is 0 Å². The van der Waals surface area contributed by atoms with Crippen molar-refractivity contribution in [3.8, 4) is 0 Å². The van der Waals surface area contributed by atoms with E-state index in [1.165, 1.54) is 31.2 Å². The number of esters is 6. The van der Waals surface area contributed by atoms with Gasteiger partial charge in [-0.1, -0.05) is 36.4 Å². The van der Waals surface area contributed by atoms with Crippen molar-refractivity contribution in [3.05, 3.63) is 71.8 Å². The summed E-state index contributed by atoms with van der Waals surface area (Å²) in [5, 5.41) is 11.0. The molecule has 2 fully saturated rings. The number of carbonyl (C=O) groups is 6. The molecule has 2 aliphatic rings. The molecule has 10 atom stereocenters. The number of benzene rings is 2. The summed E-state index contributed by atoms with van der Waals surface area (Å²) < 4.78 is 51.0. The van der Waals surface area contributed by atoms with Gasteiger partial charge >= 0.3 is 35.8 Å². The molecule has 0 aliphatic carbocycles. The normalized spacial score (nSPS) is 29.1. The van der Waals surface area contributed by atoms with Gasteiger partial charge in [0.25, 0.3) is 0 Å². The van der Waals surface area contributed by atoms with Crippen molar-refractivity contribution in [2.24, 2.45) is 0 Å². The molecule has 0 spiro atoms. The van der Waals surface area contributed by atoms with Crippen LogP contribution in [0.4, 0.5) is 0 Å². The summed E-state index contributed by atoms with van der Waals surface area (Å²) in [6, 6.07) is 15.6. The Hall–Kier alpha value is -4.90. The second kappa shape index (κ2) is 17.2. The predicted molar refractivity (Wildman–Crippen MR) is 165 cm³/mol. The first-order valence-corrected chi connectivity index (χ1v) is 15.6. The van der Waals surface area contributed by atoms with Crippen LogP contribution in [0.3, 0.4) is 0 Å². The average Bonchev–Trinajstić information content (AvgIpc) is 3.06. The smallest absolute Gasteiger partial charge is 0.338 e. The van der Waals surface area contributed by atoms with Crippen molar-refractivity contribution >= 4 is 35.8 Å². The average molecular weight is 703 g/mol. The molecule has 0 bridgehead atoms. The second-order valence-corrected chi connectivity index (χ2v) is 11.4. The van der Waals surface area contributed by atoms with Gasteiger partial charge in [-0.05, 0) is 31.2 Å². The van der Waals surface area contributed by atoms with E-state index in [0.29, 0.717) is 0 Å². The standard InChI is InChI=1S/C34H38O16/c1-17-25(50-34-30(46-21(5)38)28(45-20(4)37)26(44-19(3)36)24(47-34)16-42-18(2)35)27(48-31(39)22-12-8-6-9-13-22)29(33(41)43-17)49-32(40)23-14-10-7-11-15-23/h6-15,17,24-30,33-34,41H,16H2,1-5H3/t17-,24+,25+,26-,27+,28-,29-,30+,33?,34-/m0/s1. The van der Waals surface area contributed by atoms with Gasteiger partial charge in [0.1, 0.15) is 18.8 Å². The molecule has 2 heterocycles. The van der Waals surface area contributed by atoms with Gasteiger partial charge in [0.15, 0.2) is 43.1 Å². The lowest BCUT2D eigenvalue weighted by Gasteiger charge is -2.47. The molecule has 2 aromatic rings. The Morgan fingerprint density at radius 1 is 0.580 bits per heavy atom. The van der Waals surface area contributed by atoms with Gasteiger partial charge in [0.2, 0.25) is 0 Å². The Bertz CT molecular complexity index is 1510. The molecular formula is C34H38O16. The van der Waals surface area contributed by atoms with Crippen LogP contribution in [0.2, 0.25) is 0 Å². The maximum absolute atomic E-state index is 13.4. The summed E-state index contributed by atoms with van der Waals surface area (Å²) in [7, 11) is 0. The van der Waals surface area contributed by atoms with E-state index in [1.807, 2.05) is 0 Å². The first-order valence-electron chi connectivity index (χ1n) is 15.6. The van der Waals surface area contributed by atoms with E-state index in [9.17, 15) is 33.9 Å². The van der Waals surface area contributed by atoms with Crippen molar-refractivity contribution < 1.29 is 76.5 Å². The minimum absolute atomic E-state index is 0.111. The van der Waals surface area contributed by atoms with E-state index < -0.39 is 104 Å². The summed E-state index contributed by atoms with van der Waals surface area (Å²) in [5.41, 5.74) is 0.226. The molecule has 0 amide bonds. The lowest BCUT2D eigenvalue weighted by Crippen LogP contribution is -2.66. The lowest BCUT2D eigenvalue weighted by atomic mass is 9.96. The van der Waals surface area contributed by atoms with Crippen molar-refractivity contribution in [3.63, 3.8) is 0 Å². The Morgan fingerprint density at radius 3 is 1.54 bits per heavy atom. The minimum Gasteiger partial charge on any atom is -0.463 e. The molecule has 0 saturated carbocycles. The molecule has 50 heavy (non-hydrogen) atoms. The van der Waals surface area contributed by atoms with E-state index in [0.717, 1.165) is 27.7 Å². The zero-order chi connectivity index (χ0) is 36.5. The topological polar surface area (TPSA) is 206 Å². The molecule has 0 aromatic heterocycles.